The Bertz CT molecular complexity index is 1130. The summed E-state index contributed by atoms with van der Waals surface area (Å²) < 4.78 is 6.03. The molecule has 1 aromatic heterocycles. The highest BCUT2D eigenvalue weighted by atomic mass is 16.6. The molecule has 0 fully saturated rings. The number of nitro groups is 1. The fourth-order valence-electron chi connectivity index (χ4n) is 2.54. The van der Waals surface area contributed by atoms with Crippen LogP contribution in [0.2, 0.25) is 0 Å². The molecule has 0 saturated carbocycles. The molecule has 0 saturated heterocycles. The van der Waals surface area contributed by atoms with E-state index in [1.165, 1.54) is 42.5 Å². The molecule has 2 aromatic carbocycles. The van der Waals surface area contributed by atoms with Crippen molar-refractivity contribution < 1.29 is 14.5 Å². The van der Waals surface area contributed by atoms with Gasteiger partial charge in [-0.3, -0.25) is 24.3 Å². The zero-order valence-electron chi connectivity index (χ0n) is 13.6. The lowest BCUT2D eigenvalue weighted by Crippen LogP contribution is -2.35. The molecule has 0 unspecified atom stereocenters. The van der Waals surface area contributed by atoms with E-state index in [0.717, 1.165) is 4.57 Å². The van der Waals surface area contributed by atoms with Crippen LogP contribution in [0.4, 0.5) is 5.69 Å². The molecule has 1 heterocycles. The number of H-pyrrole nitrogens is 1. The standard InChI is InChI=1S/C17H13N3O6/c1-2-26-17(23)10-3-5-11(6-4-10)19-14-8-7-12(20(24)25)9-13(14)18-15(21)16(19)22/h3-9H,2H2,1H3,(H,18,21). The smallest absolute Gasteiger partial charge is 0.338 e. The fourth-order valence-corrected chi connectivity index (χ4v) is 2.54. The van der Waals surface area contributed by atoms with Gasteiger partial charge in [-0.15, -0.1) is 0 Å². The first kappa shape index (κ1) is 17.1. The number of ether oxygens (including phenoxy) is 1. The van der Waals surface area contributed by atoms with Crippen LogP contribution in [-0.4, -0.2) is 27.1 Å². The minimum absolute atomic E-state index is 0.151. The average Bonchev–Trinajstić information content (AvgIpc) is 2.63. The molecule has 0 bridgehead atoms. The Kier molecular flexibility index (Phi) is 4.36. The van der Waals surface area contributed by atoms with E-state index >= 15 is 0 Å². The van der Waals surface area contributed by atoms with Crippen molar-refractivity contribution in [3.63, 3.8) is 0 Å². The van der Waals surface area contributed by atoms with E-state index in [2.05, 4.69) is 4.98 Å². The van der Waals surface area contributed by atoms with Gasteiger partial charge < -0.3 is 9.72 Å². The van der Waals surface area contributed by atoms with Crippen LogP contribution in [0.25, 0.3) is 16.7 Å². The van der Waals surface area contributed by atoms with Gasteiger partial charge in [0.2, 0.25) is 0 Å². The zero-order chi connectivity index (χ0) is 18.8. The number of rotatable bonds is 4. The van der Waals surface area contributed by atoms with E-state index in [4.69, 9.17) is 4.74 Å². The number of carbonyl (C=O) groups excluding carboxylic acids is 1. The molecule has 0 radical (unpaired) electrons. The molecule has 0 atom stereocenters. The third-order valence-electron chi connectivity index (χ3n) is 3.71. The summed E-state index contributed by atoms with van der Waals surface area (Å²) in [5.74, 6) is -0.502. The molecule has 0 aliphatic carbocycles. The lowest BCUT2D eigenvalue weighted by Gasteiger charge is -2.10. The van der Waals surface area contributed by atoms with Crippen molar-refractivity contribution in [3.8, 4) is 5.69 Å². The van der Waals surface area contributed by atoms with Gasteiger partial charge in [0, 0.05) is 17.8 Å². The van der Waals surface area contributed by atoms with E-state index < -0.39 is 22.0 Å². The van der Waals surface area contributed by atoms with Gasteiger partial charge in [-0.25, -0.2) is 4.79 Å². The van der Waals surface area contributed by atoms with Gasteiger partial charge >= 0.3 is 17.1 Å². The van der Waals surface area contributed by atoms with Crippen LogP contribution in [0.3, 0.4) is 0 Å². The number of carbonyl (C=O) groups is 1. The van der Waals surface area contributed by atoms with Crippen LogP contribution < -0.4 is 11.1 Å². The molecule has 0 amide bonds. The van der Waals surface area contributed by atoms with E-state index in [1.807, 2.05) is 0 Å². The molecule has 9 nitrogen and oxygen atoms in total. The van der Waals surface area contributed by atoms with Crippen molar-refractivity contribution in [1.82, 2.24) is 9.55 Å². The Morgan fingerprint density at radius 2 is 1.88 bits per heavy atom. The van der Waals surface area contributed by atoms with Crippen LogP contribution >= 0.6 is 0 Å². The average molecular weight is 355 g/mol. The maximum atomic E-state index is 12.3. The monoisotopic (exact) mass is 355 g/mol. The summed E-state index contributed by atoms with van der Waals surface area (Å²) in [5, 5.41) is 10.9. The van der Waals surface area contributed by atoms with Crippen molar-refractivity contribution in [2.75, 3.05) is 6.61 Å². The summed E-state index contributed by atoms with van der Waals surface area (Å²) in [6.45, 7) is 1.92. The Morgan fingerprint density at radius 3 is 2.50 bits per heavy atom. The largest absolute Gasteiger partial charge is 0.462 e. The third-order valence-corrected chi connectivity index (χ3v) is 3.71. The number of esters is 1. The third kappa shape index (κ3) is 2.97. The van der Waals surface area contributed by atoms with E-state index in [-0.39, 0.29) is 17.8 Å². The molecular weight excluding hydrogens is 342 g/mol. The van der Waals surface area contributed by atoms with Gasteiger partial charge in [0.05, 0.1) is 28.1 Å². The van der Waals surface area contributed by atoms with Crippen molar-refractivity contribution >= 4 is 22.7 Å². The predicted octanol–water partition coefficient (Wildman–Crippen LogP) is 1.76. The first-order chi connectivity index (χ1) is 12.4. The summed E-state index contributed by atoms with van der Waals surface area (Å²) in [5.41, 5.74) is -0.873. The van der Waals surface area contributed by atoms with Gasteiger partial charge in [0.15, 0.2) is 0 Å². The normalized spacial score (nSPS) is 10.7. The SMILES string of the molecule is CCOC(=O)c1ccc(-n2c(=O)c(=O)[nH]c3cc([N+](=O)[O-])ccc32)cc1. The lowest BCUT2D eigenvalue weighted by atomic mass is 10.2. The zero-order valence-corrected chi connectivity index (χ0v) is 13.6. The minimum atomic E-state index is -0.910. The van der Waals surface area contributed by atoms with Crippen molar-refractivity contribution in [3.05, 3.63) is 78.8 Å². The van der Waals surface area contributed by atoms with Gasteiger partial charge in [-0.05, 0) is 37.3 Å². The van der Waals surface area contributed by atoms with Gasteiger partial charge in [0.25, 0.3) is 5.69 Å². The number of non-ortho nitro benzene ring substituents is 1. The highest BCUT2D eigenvalue weighted by Crippen LogP contribution is 2.20. The summed E-state index contributed by atoms with van der Waals surface area (Å²) in [7, 11) is 0. The number of nitro benzene ring substituents is 1. The highest BCUT2D eigenvalue weighted by Gasteiger charge is 2.14. The van der Waals surface area contributed by atoms with Gasteiger partial charge in [-0.1, -0.05) is 0 Å². The molecule has 26 heavy (non-hydrogen) atoms. The number of hydrogen-bond acceptors (Lipinski definition) is 6. The van der Waals surface area contributed by atoms with Gasteiger partial charge in [0.1, 0.15) is 0 Å². The molecular formula is C17H13N3O6. The maximum absolute atomic E-state index is 12.3. The Morgan fingerprint density at radius 1 is 1.19 bits per heavy atom. The first-order valence-corrected chi connectivity index (χ1v) is 7.63. The minimum Gasteiger partial charge on any atom is -0.462 e. The number of hydrogen-bond donors (Lipinski definition) is 1. The summed E-state index contributed by atoms with van der Waals surface area (Å²) >= 11 is 0. The molecule has 1 N–H and O–H groups in total. The molecule has 9 heteroatoms. The number of aromatic nitrogens is 2. The number of fused-ring (bicyclic) bond motifs is 1. The Labute approximate surface area is 145 Å². The second kappa shape index (κ2) is 6.63. The second-order valence-corrected chi connectivity index (χ2v) is 5.32. The fraction of sp³-hybridized carbons (Fsp3) is 0.118. The molecule has 3 aromatic rings. The Hall–Kier alpha value is -3.75. The van der Waals surface area contributed by atoms with E-state index in [0.29, 0.717) is 16.8 Å². The predicted molar refractivity (Wildman–Crippen MR) is 92.8 cm³/mol. The van der Waals surface area contributed by atoms with Crippen molar-refractivity contribution in [1.29, 1.82) is 0 Å². The van der Waals surface area contributed by atoms with Gasteiger partial charge in [-0.2, -0.15) is 0 Å². The van der Waals surface area contributed by atoms with Crippen LogP contribution in [0.15, 0.2) is 52.1 Å². The molecule has 0 aliphatic rings. The van der Waals surface area contributed by atoms with Crippen LogP contribution in [0.5, 0.6) is 0 Å². The number of nitrogens with zero attached hydrogens (tertiary/aromatic N) is 2. The summed E-state index contributed by atoms with van der Waals surface area (Å²) in [6, 6.07) is 9.73. The number of aromatic amines is 1. The molecule has 0 spiro atoms. The quantitative estimate of drug-likeness (QED) is 0.329. The van der Waals surface area contributed by atoms with E-state index in [9.17, 15) is 24.5 Å². The first-order valence-electron chi connectivity index (χ1n) is 7.63. The lowest BCUT2D eigenvalue weighted by molar-refractivity contribution is -0.384. The van der Waals surface area contributed by atoms with Crippen LogP contribution in [-0.2, 0) is 4.74 Å². The number of nitrogens with one attached hydrogen (secondary N) is 1. The highest BCUT2D eigenvalue weighted by molar-refractivity contribution is 5.89. The number of benzene rings is 2. The molecule has 0 aliphatic heterocycles. The second-order valence-electron chi connectivity index (χ2n) is 5.32. The Balaban J connectivity index is 2.19. The summed E-state index contributed by atoms with van der Waals surface area (Å²) in [4.78, 5) is 48.6. The van der Waals surface area contributed by atoms with E-state index in [1.54, 1.807) is 6.92 Å². The van der Waals surface area contributed by atoms with Crippen LogP contribution in [0, 0.1) is 10.1 Å². The van der Waals surface area contributed by atoms with Crippen LogP contribution in [0.1, 0.15) is 17.3 Å². The maximum Gasteiger partial charge on any atom is 0.338 e. The summed E-state index contributed by atoms with van der Waals surface area (Å²) in [6.07, 6.45) is 0. The molecule has 132 valence electrons. The topological polar surface area (TPSA) is 124 Å². The molecule has 3 rings (SSSR count). The van der Waals surface area contributed by atoms with Crippen molar-refractivity contribution in [2.24, 2.45) is 0 Å². The van der Waals surface area contributed by atoms with Crippen molar-refractivity contribution in [2.45, 2.75) is 6.92 Å².